The number of fused-ring (bicyclic) bond motifs is 1. The Morgan fingerprint density at radius 2 is 2.20 bits per heavy atom. The number of nitrogens with one attached hydrogen (secondary N) is 1. The molecule has 0 radical (unpaired) electrons. The molecule has 0 fully saturated rings. The van der Waals surface area contributed by atoms with E-state index in [2.05, 4.69) is 15.3 Å². The van der Waals surface area contributed by atoms with E-state index in [-0.39, 0.29) is 12.0 Å². The molecule has 1 heterocycles. The Balaban J connectivity index is 2.40. The summed E-state index contributed by atoms with van der Waals surface area (Å²) in [4.78, 5) is 4.65. The molecule has 1 unspecified atom stereocenters. The Labute approximate surface area is 115 Å². The molecule has 6 heteroatoms. The van der Waals surface area contributed by atoms with Gasteiger partial charge in [0, 0.05) is 17.6 Å². The number of hydrogen-bond acceptors (Lipinski definition) is 3. The standard InChI is InChI=1S/C14H17F3N2O/c1-3-11-6-9(8-18-20-2)12-7-10(14(15,16)17)4-5-13(12)19-11/h4-5,7-9,11,19H,3,6H2,1-2H3/t9?,11-/m1/s1. The lowest BCUT2D eigenvalue weighted by Gasteiger charge is -2.31. The van der Waals surface area contributed by atoms with Crippen molar-refractivity contribution < 1.29 is 18.0 Å². The van der Waals surface area contributed by atoms with Crippen molar-refractivity contribution >= 4 is 11.9 Å². The van der Waals surface area contributed by atoms with Crippen LogP contribution in [0.2, 0.25) is 0 Å². The molecular formula is C14H17F3N2O. The fourth-order valence-electron chi connectivity index (χ4n) is 2.43. The first-order chi connectivity index (χ1) is 9.45. The van der Waals surface area contributed by atoms with Crippen LogP contribution in [0.1, 0.15) is 36.8 Å². The summed E-state index contributed by atoms with van der Waals surface area (Å²) >= 11 is 0. The molecule has 1 aromatic carbocycles. The van der Waals surface area contributed by atoms with Gasteiger partial charge in [-0.15, -0.1) is 0 Å². The lowest BCUT2D eigenvalue weighted by Crippen LogP contribution is -2.28. The molecule has 0 saturated heterocycles. The summed E-state index contributed by atoms with van der Waals surface area (Å²) in [6, 6.07) is 4.02. The molecule has 0 amide bonds. The molecule has 110 valence electrons. The van der Waals surface area contributed by atoms with Crippen LogP contribution < -0.4 is 5.32 Å². The minimum absolute atomic E-state index is 0.168. The quantitative estimate of drug-likeness (QED) is 0.672. The van der Waals surface area contributed by atoms with Crippen LogP contribution in [-0.4, -0.2) is 19.4 Å². The van der Waals surface area contributed by atoms with Gasteiger partial charge in [-0.1, -0.05) is 12.1 Å². The Bertz CT molecular complexity index is 500. The van der Waals surface area contributed by atoms with Gasteiger partial charge in [0.05, 0.1) is 11.8 Å². The van der Waals surface area contributed by atoms with Crippen LogP contribution in [0, 0.1) is 0 Å². The Morgan fingerprint density at radius 3 is 2.80 bits per heavy atom. The number of halogens is 3. The maximum absolute atomic E-state index is 12.8. The predicted octanol–water partition coefficient (Wildman–Crippen LogP) is 4.02. The second-order valence-electron chi connectivity index (χ2n) is 4.83. The molecule has 1 aliphatic rings. The van der Waals surface area contributed by atoms with Crippen molar-refractivity contribution in [3.05, 3.63) is 29.3 Å². The van der Waals surface area contributed by atoms with Crippen molar-refractivity contribution in [3.63, 3.8) is 0 Å². The topological polar surface area (TPSA) is 33.6 Å². The molecule has 1 N–H and O–H groups in total. The van der Waals surface area contributed by atoms with E-state index in [0.717, 1.165) is 18.2 Å². The lowest BCUT2D eigenvalue weighted by molar-refractivity contribution is -0.137. The highest BCUT2D eigenvalue weighted by Crippen LogP contribution is 2.38. The Kier molecular flexibility index (Phi) is 4.20. The highest BCUT2D eigenvalue weighted by molar-refractivity contribution is 5.74. The summed E-state index contributed by atoms with van der Waals surface area (Å²) in [6.45, 7) is 2.04. The summed E-state index contributed by atoms with van der Waals surface area (Å²) in [7, 11) is 1.42. The number of hydrogen-bond donors (Lipinski definition) is 1. The van der Waals surface area contributed by atoms with Gasteiger partial charge in [-0.25, -0.2) is 0 Å². The molecule has 20 heavy (non-hydrogen) atoms. The van der Waals surface area contributed by atoms with Crippen molar-refractivity contribution in [3.8, 4) is 0 Å². The van der Waals surface area contributed by atoms with Gasteiger partial charge in [0.1, 0.15) is 7.11 Å². The molecule has 3 nitrogen and oxygen atoms in total. The van der Waals surface area contributed by atoms with Gasteiger partial charge in [-0.05, 0) is 36.6 Å². The van der Waals surface area contributed by atoms with Crippen molar-refractivity contribution in [2.24, 2.45) is 5.16 Å². The number of nitrogens with zero attached hydrogens (tertiary/aromatic N) is 1. The van der Waals surface area contributed by atoms with E-state index in [1.165, 1.54) is 19.2 Å². The Hall–Kier alpha value is -1.72. The molecule has 0 aliphatic carbocycles. The SMILES string of the molecule is CC[C@@H]1CC(C=NOC)c2cc(C(F)(F)F)ccc2N1. The summed E-state index contributed by atoms with van der Waals surface area (Å²) in [5.74, 6) is -0.168. The fourth-order valence-corrected chi connectivity index (χ4v) is 2.43. The first-order valence-electron chi connectivity index (χ1n) is 6.50. The summed E-state index contributed by atoms with van der Waals surface area (Å²) in [6.07, 6.45) is -1.16. The van der Waals surface area contributed by atoms with Crippen molar-refractivity contribution in [2.45, 2.75) is 37.9 Å². The number of alkyl halides is 3. The zero-order valence-electron chi connectivity index (χ0n) is 11.4. The normalized spacial score (nSPS) is 22.4. The van der Waals surface area contributed by atoms with Gasteiger partial charge in [0.2, 0.25) is 0 Å². The van der Waals surface area contributed by atoms with E-state index in [0.29, 0.717) is 12.0 Å². The number of oxime groups is 1. The zero-order valence-corrected chi connectivity index (χ0v) is 11.4. The van der Waals surface area contributed by atoms with Crippen LogP contribution in [0.3, 0.4) is 0 Å². The second kappa shape index (κ2) is 5.73. The van der Waals surface area contributed by atoms with E-state index in [4.69, 9.17) is 0 Å². The van der Waals surface area contributed by atoms with E-state index >= 15 is 0 Å². The molecule has 0 bridgehead atoms. The molecule has 2 rings (SSSR count). The molecule has 0 spiro atoms. The van der Waals surface area contributed by atoms with Crippen molar-refractivity contribution in [1.82, 2.24) is 0 Å². The molecule has 2 atom stereocenters. The third kappa shape index (κ3) is 3.05. The van der Waals surface area contributed by atoms with Crippen LogP contribution >= 0.6 is 0 Å². The zero-order chi connectivity index (χ0) is 14.8. The van der Waals surface area contributed by atoms with Crippen LogP contribution in [0.4, 0.5) is 18.9 Å². The summed E-state index contributed by atoms with van der Waals surface area (Å²) in [5, 5.41) is 6.98. The molecular weight excluding hydrogens is 269 g/mol. The van der Waals surface area contributed by atoms with Crippen LogP contribution in [0.25, 0.3) is 0 Å². The van der Waals surface area contributed by atoms with Crippen molar-refractivity contribution in [2.75, 3.05) is 12.4 Å². The van der Waals surface area contributed by atoms with Gasteiger partial charge in [0.25, 0.3) is 0 Å². The predicted molar refractivity (Wildman–Crippen MR) is 72.0 cm³/mol. The smallest absolute Gasteiger partial charge is 0.399 e. The summed E-state index contributed by atoms with van der Waals surface area (Å²) in [5.41, 5.74) is 0.720. The summed E-state index contributed by atoms with van der Waals surface area (Å²) < 4.78 is 38.4. The first kappa shape index (κ1) is 14.7. The van der Waals surface area contributed by atoms with Crippen LogP contribution in [0.15, 0.2) is 23.4 Å². The van der Waals surface area contributed by atoms with E-state index in [1.807, 2.05) is 6.92 Å². The molecule has 0 saturated carbocycles. The third-order valence-corrected chi connectivity index (χ3v) is 3.52. The first-order valence-corrected chi connectivity index (χ1v) is 6.50. The monoisotopic (exact) mass is 286 g/mol. The van der Waals surface area contributed by atoms with Gasteiger partial charge < -0.3 is 10.2 Å². The largest absolute Gasteiger partial charge is 0.416 e. The average Bonchev–Trinajstić information content (AvgIpc) is 2.42. The fraction of sp³-hybridized carbons (Fsp3) is 0.500. The third-order valence-electron chi connectivity index (χ3n) is 3.52. The minimum Gasteiger partial charge on any atom is -0.399 e. The maximum Gasteiger partial charge on any atom is 0.416 e. The highest BCUT2D eigenvalue weighted by atomic mass is 19.4. The van der Waals surface area contributed by atoms with E-state index in [1.54, 1.807) is 6.21 Å². The van der Waals surface area contributed by atoms with E-state index in [9.17, 15) is 13.2 Å². The van der Waals surface area contributed by atoms with Crippen LogP contribution in [-0.2, 0) is 11.0 Å². The molecule has 0 aromatic heterocycles. The number of anilines is 1. The van der Waals surface area contributed by atoms with E-state index < -0.39 is 11.7 Å². The van der Waals surface area contributed by atoms with Crippen molar-refractivity contribution in [1.29, 1.82) is 0 Å². The Morgan fingerprint density at radius 1 is 1.45 bits per heavy atom. The number of rotatable bonds is 3. The molecule has 1 aliphatic heterocycles. The molecule has 1 aromatic rings. The minimum atomic E-state index is -4.33. The van der Waals surface area contributed by atoms with Gasteiger partial charge >= 0.3 is 6.18 Å². The van der Waals surface area contributed by atoms with Gasteiger partial charge in [-0.2, -0.15) is 13.2 Å². The van der Waals surface area contributed by atoms with Gasteiger partial charge in [0.15, 0.2) is 0 Å². The second-order valence-corrected chi connectivity index (χ2v) is 4.83. The number of benzene rings is 1. The average molecular weight is 286 g/mol. The van der Waals surface area contributed by atoms with Crippen LogP contribution in [0.5, 0.6) is 0 Å². The highest BCUT2D eigenvalue weighted by Gasteiger charge is 2.33. The lowest BCUT2D eigenvalue weighted by atomic mass is 9.86. The van der Waals surface area contributed by atoms with Gasteiger partial charge in [-0.3, -0.25) is 0 Å². The maximum atomic E-state index is 12.8.